The van der Waals surface area contributed by atoms with Crippen molar-refractivity contribution in [1.82, 2.24) is 4.90 Å². The third-order valence-corrected chi connectivity index (χ3v) is 5.86. The van der Waals surface area contributed by atoms with Crippen LogP contribution in [0.25, 0.3) is 6.08 Å². The van der Waals surface area contributed by atoms with Crippen LogP contribution in [0, 0.1) is 13.8 Å². The average Bonchev–Trinajstić information content (AvgIpc) is 3.03. The van der Waals surface area contributed by atoms with Crippen molar-refractivity contribution in [3.8, 4) is 11.5 Å². The zero-order valence-corrected chi connectivity index (χ0v) is 19.9. The van der Waals surface area contributed by atoms with E-state index in [1.165, 1.54) is 32.2 Å². The van der Waals surface area contributed by atoms with Crippen molar-refractivity contribution >= 4 is 46.5 Å². The minimum absolute atomic E-state index is 0.142. The second-order valence-corrected chi connectivity index (χ2v) is 8.62. The molecule has 1 aliphatic heterocycles. The first-order valence-corrected chi connectivity index (χ1v) is 11.1. The summed E-state index contributed by atoms with van der Waals surface area (Å²) >= 11 is 0.723. The van der Waals surface area contributed by atoms with Crippen LogP contribution in [0.15, 0.2) is 41.3 Å². The number of carboxylic acids is 1. The number of rotatable bonds is 8. The first-order chi connectivity index (χ1) is 16.1. The fourth-order valence-electron chi connectivity index (χ4n) is 3.18. The van der Waals surface area contributed by atoms with Crippen LogP contribution in [0.4, 0.5) is 10.5 Å². The van der Waals surface area contributed by atoms with Crippen LogP contribution in [0.3, 0.4) is 0 Å². The maximum atomic E-state index is 12.8. The molecule has 3 amide bonds. The first kappa shape index (κ1) is 24.8. The van der Waals surface area contributed by atoms with Gasteiger partial charge < -0.3 is 24.7 Å². The van der Waals surface area contributed by atoms with Gasteiger partial charge in [0, 0.05) is 5.69 Å². The Morgan fingerprint density at radius 1 is 1.15 bits per heavy atom. The topological polar surface area (TPSA) is 125 Å². The Bertz CT molecular complexity index is 1190. The quantitative estimate of drug-likeness (QED) is 0.568. The Morgan fingerprint density at radius 3 is 2.53 bits per heavy atom. The van der Waals surface area contributed by atoms with E-state index in [9.17, 15) is 24.3 Å². The Labute approximate surface area is 200 Å². The van der Waals surface area contributed by atoms with Gasteiger partial charge in [-0.25, -0.2) is 0 Å². The maximum absolute atomic E-state index is 12.8. The van der Waals surface area contributed by atoms with Crippen LogP contribution in [0.2, 0.25) is 0 Å². The number of ether oxygens (including phenoxy) is 2. The molecule has 1 aliphatic rings. The van der Waals surface area contributed by atoms with Gasteiger partial charge in [0.15, 0.2) is 11.5 Å². The molecule has 0 saturated carbocycles. The van der Waals surface area contributed by atoms with Gasteiger partial charge in [0.2, 0.25) is 5.91 Å². The average molecular weight is 484 g/mol. The van der Waals surface area contributed by atoms with Crippen LogP contribution in [-0.2, 0) is 14.4 Å². The van der Waals surface area contributed by atoms with Crippen molar-refractivity contribution in [1.29, 1.82) is 0 Å². The largest absolute Gasteiger partial charge is 0.546 e. The summed E-state index contributed by atoms with van der Waals surface area (Å²) < 4.78 is 10.5. The molecule has 1 heterocycles. The lowest BCUT2D eigenvalue weighted by atomic mass is 10.1. The number of imide groups is 1. The van der Waals surface area contributed by atoms with Gasteiger partial charge in [-0.3, -0.25) is 19.3 Å². The number of aliphatic carboxylic acids is 1. The molecular weight excluding hydrogens is 460 g/mol. The third-order valence-electron chi connectivity index (χ3n) is 4.95. The summed E-state index contributed by atoms with van der Waals surface area (Å²) in [4.78, 5) is 49.6. The highest BCUT2D eigenvalue weighted by molar-refractivity contribution is 8.18. The molecule has 9 nitrogen and oxygen atoms in total. The molecule has 2 aromatic rings. The van der Waals surface area contributed by atoms with Gasteiger partial charge >= 0.3 is 0 Å². The summed E-state index contributed by atoms with van der Waals surface area (Å²) in [7, 11) is 1.39. The van der Waals surface area contributed by atoms with E-state index in [-0.39, 0.29) is 16.4 Å². The number of aryl methyl sites for hydroxylation is 2. The van der Waals surface area contributed by atoms with E-state index in [0.29, 0.717) is 11.3 Å². The van der Waals surface area contributed by atoms with Crippen LogP contribution >= 0.6 is 11.8 Å². The van der Waals surface area contributed by atoms with Gasteiger partial charge in [0.25, 0.3) is 11.1 Å². The number of carbonyl (C=O) groups excluding carboxylic acids is 4. The summed E-state index contributed by atoms with van der Waals surface area (Å²) in [6.07, 6.45) is 0.299. The Hall–Kier alpha value is -3.79. The highest BCUT2D eigenvalue weighted by atomic mass is 32.2. The zero-order chi connectivity index (χ0) is 25.0. The molecule has 1 atom stereocenters. The van der Waals surface area contributed by atoms with Gasteiger partial charge in [-0.1, -0.05) is 23.8 Å². The molecule has 0 spiro atoms. The van der Waals surface area contributed by atoms with E-state index in [1.54, 1.807) is 12.1 Å². The lowest BCUT2D eigenvalue weighted by molar-refractivity contribution is -0.312. The molecule has 1 N–H and O–H groups in total. The van der Waals surface area contributed by atoms with Crippen molar-refractivity contribution < 1.29 is 33.8 Å². The molecule has 0 unspecified atom stereocenters. The van der Waals surface area contributed by atoms with Gasteiger partial charge in [-0.15, -0.1) is 0 Å². The Balaban J connectivity index is 1.72. The van der Waals surface area contributed by atoms with Crippen LogP contribution < -0.4 is 19.9 Å². The van der Waals surface area contributed by atoms with Crippen LogP contribution in [-0.4, -0.2) is 47.7 Å². The van der Waals surface area contributed by atoms with Crippen molar-refractivity contribution in [3.63, 3.8) is 0 Å². The number of carboxylic acid groups (broad SMARTS) is 1. The van der Waals surface area contributed by atoms with E-state index >= 15 is 0 Å². The number of methoxy groups -OCH3 is 1. The SMILES string of the molecule is COc1cc(/C=C2/SC(=O)N(CC(=O)Nc3ccc(C)cc3C)C2=O)ccc1O[C@@H](C)C(=O)[O-]. The summed E-state index contributed by atoms with van der Waals surface area (Å²) in [5.41, 5.74) is 3.06. The minimum Gasteiger partial charge on any atom is -0.546 e. The third kappa shape index (κ3) is 5.76. The molecule has 178 valence electrons. The second-order valence-electron chi connectivity index (χ2n) is 7.62. The highest BCUT2D eigenvalue weighted by Gasteiger charge is 2.36. The molecule has 0 radical (unpaired) electrons. The number of nitrogens with zero attached hydrogens (tertiary/aromatic N) is 1. The predicted octanol–water partition coefficient (Wildman–Crippen LogP) is 2.50. The number of carbonyl (C=O) groups is 4. The minimum atomic E-state index is -1.37. The summed E-state index contributed by atoms with van der Waals surface area (Å²) in [6, 6.07) is 10.2. The molecule has 1 fully saturated rings. The summed E-state index contributed by atoms with van der Waals surface area (Å²) in [5, 5.41) is 13.1. The summed E-state index contributed by atoms with van der Waals surface area (Å²) in [5.74, 6) is -2.01. The predicted molar refractivity (Wildman–Crippen MR) is 125 cm³/mol. The molecule has 10 heteroatoms. The van der Waals surface area contributed by atoms with Gasteiger partial charge in [0.05, 0.1) is 18.0 Å². The second kappa shape index (κ2) is 10.4. The fourth-order valence-corrected chi connectivity index (χ4v) is 4.02. The first-order valence-electron chi connectivity index (χ1n) is 10.3. The monoisotopic (exact) mass is 483 g/mol. The molecule has 2 aromatic carbocycles. The molecule has 34 heavy (non-hydrogen) atoms. The highest BCUT2D eigenvalue weighted by Crippen LogP contribution is 2.34. The molecule has 0 aromatic heterocycles. The number of anilines is 1. The molecule has 0 bridgehead atoms. The number of thioether (sulfide) groups is 1. The van der Waals surface area contributed by atoms with Gasteiger partial charge in [0.1, 0.15) is 12.6 Å². The standard InChI is InChI=1S/C24H24N2O7S/c1-13-5-7-17(14(2)9-13)25-21(27)12-26-22(28)20(34-24(26)31)11-16-6-8-18(19(10-16)32-4)33-15(3)23(29)30/h5-11,15H,12H2,1-4H3,(H,25,27)(H,29,30)/p-1/b20-11+/t15-/m0/s1. The summed E-state index contributed by atoms with van der Waals surface area (Å²) in [6.45, 7) is 4.71. The number of benzene rings is 2. The van der Waals surface area contributed by atoms with E-state index < -0.39 is 35.7 Å². The van der Waals surface area contributed by atoms with E-state index in [1.807, 2.05) is 26.0 Å². The van der Waals surface area contributed by atoms with Crippen molar-refractivity contribution in [2.45, 2.75) is 26.9 Å². The van der Waals surface area contributed by atoms with Crippen LogP contribution in [0.5, 0.6) is 11.5 Å². The number of hydrogen-bond donors (Lipinski definition) is 1. The van der Waals surface area contributed by atoms with Crippen LogP contribution in [0.1, 0.15) is 23.6 Å². The van der Waals surface area contributed by atoms with Gasteiger partial charge in [-0.2, -0.15) is 0 Å². The lowest BCUT2D eigenvalue weighted by Crippen LogP contribution is -2.37. The lowest BCUT2D eigenvalue weighted by Gasteiger charge is -2.17. The molecule has 1 saturated heterocycles. The van der Waals surface area contributed by atoms with E-state index in [4.69, 9.17) is 9.47 Å². The van der Waals surface area contributed by atoms with Gasteiger partial charge in [-0.05, 0) is 67.9 Å². The smallest absolute Gasteiger partial charge is 0.294 e. The number of amides is 3. The van der Waals surface area contributed by atoms with Crippen molar-refractivity contribution in [3.05, 3.63) is 58.0 Å². The molecule has 0 aliphatic carbocycles. The molecular formula is C24H23N2O7S-. The number of nitrogens with one attached hydrogen (secondary N) is 1. The Morgan fingerprint density at radius 2 is 1.88 bits per heavy atom. The number of hydrogen-bond acceptors (Lipinski definition) is 8. The van der Waals surface area contributed by atoms with E-state index in [0.717, 1.165) is 27.8 Å². The van der Waals surface area contributed by atoms with E-state index in [2.05, 4.69) is 5.32 Å². The van der Waals surface area contributed by atoms with Crippen molar-refractivity contribution in [2.75, 3.05) is 19.0 Å². The van der Waals surface area contributed by atoms with Crippen molar-refractivity contribution in [2.24, 2.45) is 0 Å². The Kier molecular flexibility index (Phi) is 7.62. The zero-order valence-electron chi connectivity index (χ0n) is 19.0. The maximum Gasteiger partial charge on any atom is 0.294 e. The fraction of sp³-hybridized carbons (Fsp3) is 0.250. The molecule has 3 rings (SSSR count). The normalized spacial score (nSPS) is 15.4.